The third-order valence-corrected chi connectivity index (χ3v) is 6.71. The van der Waals surface area contributed by atoms with Crippen LogP contribution in [0.2, 0.25) is 5.02 Å². The zero-order chi connectivity index (χ0) is 22.1. The van der Waals surface area contributed by atoms with Crippen molar-refractivity contribution < 1.29 is 27.6 Å². The number of aromatic nitrogens is 1. The van der Waals surface area contributed by atoms with Crippen LogP contribution in [0, 0.1) is 6.92 Å². The summed E-state index contributed by atoms with van der Waals surface area (Å²) in [6.45, 7) is 1.27. The van der Waals surface area contributed by atoms with Crippen LogP contribution < -0.4 is 0 Å². The van der Waals surface area contributed by atoms with E-state index in [-0.39, 0.29) is 21.3 Å². The zero-order valence-electron chi connectivity index (χ0n) is 16.4. The third-order valence-electron chi connectivity index (χ3n) is 4.55. The van der Waals surface area contributed by atoms with Crippen LogP contribution in [-0.4, -0.2) is 50.4 Å². The second-order valence-corrected chi connectivity index (χ2v) is 8.72. The molecule has 3 rings (SSSR count). The molecule has 0 saturated heterocycles. The van der Waals surface area contributed by atoms with Gasteiger partial charge < -0.3 is 9.72 Å². The molecular weight excluding hydrogens is 432 g/mol. The molecule has 0 aliphatic carbocycles. The molecule has 158 valence electrons. The van der Waals surface area contributed by atoms with E-state index in [1.54, 1.807) is 13.0 Å². The molecule has 0 saturated carbocycles. The van der Waals surface area contributed by atoms with Crippen LogP contribution >= 0.6 is 11.6 Å². The molecule has 0 amide bonds. The number of carbonyl (C=O) groups is 2. The van der Waals surface area contributed by atoms with Crippen LogP contribution in [0.1, 0.15) is 26.4 Å². The van der Waals surface area contributed by atoms with Crippen LogP contribution in [0.5, 0.6) is 0 Å². The highest BCUT2D eigenvalue weighted by atomic mass is 35.5. The van der Waals surface area contributed by atoms with Crippen molar-refractivity contribution in [2.75, 3.05) is 20.8 Å². The Kier molecular flexibility index (Phi) is 6.27. The van der Waals surface area contributed by atoms with Crippen molar-refractivity contribution in [2.45, 2.75) is 11.8 Å². The molecule has 30 heavy (non-hydrogen) atoms. The molecular formula is C20H19ClN2O6S. The molecule has 10 heteroatoms. The average Bonchev–Trinajstić information content (AvgIpc) is 3.06. The Morgan fingerprint density at radius 3 is 2.57 bits per heavy atom. The van der Waals surface area contributed by atoms with Gasteiger partial charge >= 0.3 is 5.97 Å². The van der Waals surface area contributed by atoms with Crippen molar-refractivity contribution in [3.8, 4) is 0 Å². The minimum absolute atomic E-state index is 0.0640. The summed E-state index contributed by atoms with van der Waals surface area (Å²) in [5, 5.41) is 0.652. The maximum absolute atomic E-state index is 12.6. The van der Waals surface area contributed by atoms with Gasteiger partial charge in [-0.2, -0.15) is 0 Å². The van der Waals surface area contributed by atoms with Gasteiger partial charge in [-0.25, -0.2) is 13.2 Å². The number of Topliss-reactive ketones (excluding diaryl/α,β-unsaturated/α-hetero) is 1. The Bertz CT molecular complexity index is 1240. The van der Waals surface area contributed by atoms with E-state index >= 15 is 0 Å². The molecule has 0 spiro atoms. The van der Waals surface area contributed by atoms with Crippen molar-refractivity contribution in [2.24, 2.45) is 0 Å². The molecule has 8 nitrogen and oxygen atoms in total. The fraction of sp³-hybridized carbons (Fsp3) is 0.200. The van der Waals surface area contributed by atoms with Gasteiger partial charge in [0.1, 0.15) is 4.90 Å². The van der Waals surface area contributed by atoms with Gasteiger partial charge in [0.2, 0.25) is 5.78 Å². The Balaban J connectivity index is 1.81. The van der Waals surface area contributed by atoms with Crippen LogP contribution in [0.3, 0.4) is 0 Å². The number of H-pyrrole nitrogens is 1. The lowest BCUT2D eigenvalue weighted by Gasteiger charge is -2.15. The monoisotopic (exact) mass is 450 g/mol. The number of aryl methyl sites for hydroxylation is 1. The normalized spacial score (nSPS) is 11.8. The lowest BCUT2D eigenvalue weighted by molar-refractivity contribution is -0.0258. The number of para-hydroxylation sites is 1. The van der Waals surface area contributed by atoms with E-state index in [1.165, 1.54) is 26.3 Å². The lowest BCUT2D eigenvalue weighted by atomic mass is 10.1. The number of carbonyl (C=O) groups excluding carboxylic acids is 2. The van der Waals surface area contributed by atoms with E-state index in [4.69, 9.17) is 21.2 Å². The van der Waals surface area contributed by atoms with Crippen molar-refractivity contribution in [1.82, 2.24) is 9.45 Å². The number of esters is 1. The summed E-state index contributed by atoms with van der Waals surface area (Å²) < 4.78 is 30.6. The van der Waals surface area contributed by atoms with Gasteiger partial charge in [0.05, 0.1) is 17.7 Å². The molecule has 3 aromatic rings. The quantitative estimate of drug-likeness (QED) is 0.336. The van der Waals surface area contributed by atoms with Crippen molar-refractivity contribution in [3.63, 3.8) is 0 Å². The van der Waals surface area contributed by atoms with Crippen molar-refractivity contribution >= 4 is 44.3 Å². The highest BCUT2D eigenvalue weighted by molar-refractivity contribution is 7.89. The number of ether oxygens (including phenoxy) is 1. The van der Waals surface area contributed by atoms with Crippen molar-refractivity contribution in [3.05, 3.63) is 64.3 Å². The molecule has 0 bridgehead atoms. The van der Waals surface area contributed by atoms with Gasteiger partial charge in [-0.3, -0.25) is 9.63 Å². The molecule has 0 aliphatic heterocycles. The van der Waals surface area contributed by atoms with Crippen LogP contribution in [0.25, 0.3) is 10.9 Å². The summed E-state index contributed by atoms with van der Waals surface area (Å²) in [7, 11) is -1.70. The van der Waals surface area contributed by atoms with Gasteiger partial charge in [0.15, 0.2) is 6.61 Å². The van der Waals surface area contributed by atoms with Crippen LogP contribution in [0.15, 0.2) is 47.4 Å². The number of hydroxylamine groups is 1. The SMILES string of the molecule is CON(C)S(=O)(=O)c1cc(C(=O)OCC(=O)c2c(C)[nH]c3ccccc23)ccc1Cl. The second-order valence-electron chi connectivity index (χ2n) is 6.41. The summed E-state index contributed by atoms with van der Waals surface area (Å²) in [6.07, 6.45) is 0. The van der Waals surface area contributed by atoms with Gasteiger partial charge in [0.25, 0.3) is 10.0 Å². The molecule has 0 unspecified atom stereocenters. The number of hydrogen-bond acceptors (Lipinski definition) is 6. The standard InChI is InChI=1S/C20H19ClN2O6S/c1-12-19(14-6-4-5-7-16(14)22-12)17(24)11-29-20(25)13-8-9-15(21)18(10-13)30(26,27)23(2)28-3/h4-10,22H,11H2,1-3H3. The summed E-state index contributed by atoms with van der Waals surface area (Å²) in [6, 6.07) is 11.0. The number of nitrogens with one attached hydrogen (secondary N) is 1. The Hall–Kier alpha value is -2.72. The third kappa shape index (κ3) is 4.10. The van der Waals surface area contributed by atoms with E-state index in [1.807, 2.05) is 18.2 Å². The largest absolute Gasteiger partial charge is 0.454 e. The maximum atomic E-state index is 12.6. The molecule has 2 aromatic carbocycles. The first kappa shape index (κ1) is 22.0. The number of halogens is 1. The summed E-state index contributed by atoms with van der Waals surface area (Å²) in [5.74, 6) is -1.23. The number of rotatable bonds is 7. The van der Waals surface area contributed by atoms with Gasteiger partial charge in [-0.15, -0.1) is 0 Å². The van der Waals surface area contributed by atoms with E-state index < -0.39 is 22.6 Å². The van der Waals surface area contributed by atoms with E-state index in [9.17, 15) is 18.0 Å². The van der Waals surface area contributed by atoms with Crippen molar-refractivity contribution in [1.29, 1.82) is 0 Å². The maximum Gasteiger partial charge on any atom is 0.338 e. The number of nitrogens with zero attached hydrogens (tertiary/aromatic N) is 1. The first-order chi connectivity index (χ1) is 14.2. The number of fused-ring (bicyclic) bond motifs is 1. The number of hydrogen-bond donors (Lipinski definition) is 1. The average molecular weight is 451 g/mol. The van der Waals surface area contributed by atoms with Crippen LogP contribution in [0.4, 0.5) is 0 Å². The first-order valence-electron chi connectivity index (χ1n) is 8.77. The Morgan fingerprint density at radius 2 is 1.87 bits per heavy atom. The van der Waals surface area contributed by atoms with Crippen LogP contribution in [-0.2, 0) is 19.6 Å². The second kappa shape index (κ2) is 8.57. The smallest absolute Gasteiger partial charge is 0.338 e. The predicted molar refractivity (Wildman–Crippen MR) is 111 cm³/mol. The van der Waals surface area contributed by atoms with Gasteiger partial charge in [0, 0.05) is 29.2 Å². The molecule has 0 fully saturated rings. The lowest BCUT2D eigenvalue weighted by Crippen LogP contribution is -2.26. The first-order valence-corrected chi connectivity index (χ1v) is 10.6. The highest BCUT2D eigenvalue weighted by Crippen LogP contribution is 2.26. The minimum Gasteiger partial charge on any atom is -0.454 e. The fourth-order valence-electron chi connectivity index (χ4n) is 2.99. The fourth-order valence-corrected chi connectivity index (χ4v) is 4.46. The summed E-state index contributed by atoms with van der Waals surface area (Å²) in [5.41, 5.74) is 1.85. The minimum atomic E-state index is -4.07. The van der Waals surface area contributed by atoms with E-state index in [0.29, 0.717) is 15.7 Å². The molecule has 1 aromatic heterocycles. The number of aromatic amines is 1. The molecule has 0 radical (unpaired) electrons. The van der Waals surface area contributed by atoms with E-state index in [2.05, 4.69) is 4.98 Å². The molecule has 0 aliphatic rings. The molecule has 1 heterocycles. The van der Waals surface area contributed by atoms with Gasteiger partial charge in [-0.05, 0) is 31.2 Å². The molecule has 1 N–H and O–H groups in total. The Labute approximate surface area is 178 Å². The molecule has 0 atom stereocenters. The number of benzene rings is 2. The topological polar surface area (TPSA) is 106 Å². The highest BCUT2D eigenvalue weighted by Gasteiger charge is 2.26. The van der Waals surface area contributed by atoms with Gasteiger partial charge in [-0.1, -0.05) is 34.3 Å². The number of ketones is 1. The van der Waals surface area contributed by atoms with E-state index in [0.717, 1.165) is 17.0 Å². The Morgan fingerprint density at radius 1 is 1.17 bits per heavy atom. The summed E-state index contributed by atoms with van der Waals surface area (Å²) in [4.78, 5) is 32.6. The predicted octanol–water partition coefficient (Wildman–Crippen LogP) is 3.35. The number of sulfonamides is 1. The summed E-state index contributed by atoms with van der Waals surface area (Å²) >= 11 is 5.98. The zero-order valence-corrected chi connectivity index (χ0v) is 18.0.